The molecule has 0 unspecified atom stereocenters. The Hall–Kier alpha value is -1.66. The second-order valence-corrected chi connectivity index (χ2v) is 3.62. The third-order valence-electron chi connectivity index (χ3n) is 2.34. The molecule has 3 heteroatoms. The summed E-state index contributed by atoms with van der Waals surface area (Å²) in [5, 5.41) is 22.0. The van der Waals surface area contributed by atoms with Gasteiger partial charge in [-0.1, -0.05) is 12.1 Å². The molecule has 16 heavy (non-hydrogen) atoms. The van der Waals surface area contributed by atoms with Crippen LogP contribution in [0.5, 0.6) is 11.5 Å². The van der Waals surface area contributed by atoms with E-state index in [4.69, 9.17) is 6.42 Å². The molecular formula is C13H17NO2. The van der Waals surface area contributed by atoms with Gasteiger partial charge in [0.1, 0.15) is 0 Å². The Bertz CT molecular complexity index is 369. The van der Waals surface area contributed by atoms with Gasteiger partial charge in [0.25, 0.3) is 0 Å². The van der Waals surface area contributed by atoms with Gasteiger partial charge < -0.3 is 15.5 Å². The molecule has 0 aliphatic heterocycles. The van der Waals surface area contributed by atoms with Crippen LogP contribution in [-0.4, -0.2) is 16.8 Å². The van der Waals surface area contributed by atoms with Crippen LogP contribution in [0.2, 0.25) is 0 Å². The van der Waals surface area contributed by atoms with E-state index in [0.29, 0.717) is 12.1 Å². The molecule has 1 aromatic carbocycles. The molecule has 1 aromatic rings. The average Bonchev–Trinajstić information content (AvgIpc) is 2.29. The van der Waals surface area contributed by atoms with Crippen LogP contribution in [-0.2, 0) is 6.54 Å². The lowest BCUT2D eigenvalue weighted by molar-refractivity contribution is 0.397. The molecule has 0 spiro atoms. The fraction of sp³-hybridized carbons (Fsp3) is 0.385. The second-order valence-electron chi connectivity index (χ2n) is 3.62. The zero-order valence-corrected chi connectivity index (χ0v) is 9.24. The molecule has 0 fully saturated rings. The molecule has 0 aliphatic carbocycles. The van der Waals surface area contributed by atoms with Gasteiger partial charge in [-0.05, 0) is 25.5 Å². The Kier molecular flexibility index (Phi) is 5.24. The standard InChI is InChI=1S/C13H17NO2/c1-2-3-4-5-9-14-10-11-7-6-8-12(15)13(11)16/h1,6-8,14-16H,3-5,9-10H2. The Morgan fingerprint density at radius 3 is 2.81 bits per heavy atom. The van der Waals surface area contributed by atoms with Crippen LogP contribution in [0, 0.1) is 12.3 Å². The molecule has 1 rings (SSSR count). The molecule has 0 saturated carbocycles. The van der Waals surface area contributed by atoms with Crippen molar-refractivity contribution in [2.45, 2.75) is 25.8 Å². The molecule has 86 valence electrons. The van der Waals surface area contributed by atoms with Crippen molar-refractivity contribution in [3.05, 3.63) is 23.8 Å². The summed E-state index contributed by atoms with van der Waals surface area (Å²) in [5.74, 6) is 2.47. The Labute approximate surface area is 96.1 Å². The third-order valence-corrected chi connectivity index (χ3v) is 2.34. The first-order chi connectivity index (χ1) is 7.75. The molecule has 0 aromatic heterocycles. The molecule has 0 atom stereocenters. The number of nitrogens with one attached hydrogen (secondary N) is 1. The number of phenolic OH excluding ortho intramolecular Hbond substituents is 2. The van der Waals surface area contributed by atoms with E-state index in [2.05, 4.69) is 11.2 Å². The molecule has 3 nitrogen and oxygen atoms in total. The van der Waals surface area contributed by atoms with E-state index in [-0.39, 0.29) is 11.5 Å². The first kappa shape index (κ1) is 12.4. The summed E-state index contributed by atoms with van der Waals surface area (Å²) in [6, 6.07) is 4.96. The molecule has 0 bridgehead atoms. The van der Waals surface area contributed by atoms with Gasteiger partial charge in [-0.3, -0.25) is 0 Å². The molecule has 3 N–H and O–H groups in total. The predicted octanol–water partition coefficient (Wildman–Crippen LogP) is 1.99. The summed E-state index contributed by atoms with van der Waals surface area (Å²) < 4.78 is 0. The number of terminal acetylenes is 1. The minimum Gasteiger partial charge on any atom is -0.504 e. The summed E-state index contributed by atoms with van der Waals surface area (Å²) in [6.45, 7) is 1.41. The number of aromatic hydroxyl groups is 2. The smallest absolute Gasteiger partial charge is 0.161 e. The van der Waals surface area contributed by atoms with E-state index in [1.807, 2.05) is 0 Å². The summed E-state index contributed by atoms with van der Waals surface area (Å²) in [4.78, 5) is 0. The Morgan fingerprint density at radius 1 is 1.25 bits per heavy atom. The second kappa shape index (κ2) is 6.76. The summed E-state index contributed by atoms with van der Waals surface area (Å²) >= 11 is 0. The fourth-order valence-electron chi connectivity index (χ4n) is 1.42. The van der Waals surface area contributed by atoms with Crippen LogP contribution in [0.25, 0.3) is 0 Å². The van der Waals surface area contributed by atoms with Crippen molar-refractivity contribution >= 4 is 0 Å². The maximum atomic E-state index is 9.52. The average molecular weight is 219 g/mol. The van der Waals surface area contributed by atoms with Crippen LogP contribution in [0.1, 0.15) is 24.8 Å². The number of unbranched alkanes of at least 4 members (excludes halogenated alkanes) is 2. The topological polar surface area (TPSA) is 52.5 Å². The normalized spacial score (nSPS) is 9.94. The maximum absolute atomic E-state index is 9.52. The first-order valence-corrected chi connectivity index (χ1v) is 5.39. The zero-order valence-electron chi connectivity index (χ0n) is 9.24. The SMILES string of the molecule is C#CCCCCNCc1cccc(O)c1O. The van der Waals surface area contributed by atoms with E-state index in [9.17, 15) is 10.2 Å². The van der Waals surface area contributed by atoms with Crippen molar-refractivity contribution in [3.63, 3.8) is 0 Å². The zero-order chi connectivity index (χ0) is 11.8. The van der Waals surface area contributed by atoms with Gasteiger partial charge in [-0.25, -0.2) is 0 Å². The van der Waals surface area contributed by atoms with Crippen LogP contribution < -0.4 is 5.32 Å². The molecule has 0 radical (unpaired) electrons. The van der Waals surface area contributed by atoms with Crippen molar-refractivity contribution < 1.29 is 10.2 Å². The van der Waals surface area contributed by atoms with Crippen LogP contribution >= 0.6 is 0 Å². The third kappa shape index (κ3) is 3.84. The van der Waals surface area contributed by atoms with E-state index >= 15 is 0 Å². The number of hydrogen-bond donors (Lipinski definition) is 3. The highest BCUT2D eigenvalue weighted by Crippen LogP contribution is 2.27. The quantitative estimate of drug-likeness (QED) is 0.389. The molecule has 0 aliphatic rings. The summed E-state index contributed by atoms with van der Waals surface area (Å²) in [5.41, 5.74) is 0.706. The van der Waals surface area contributed by atoms with E-state index < -0.39 is 0 Å². The monoisotopic (exact) mass is 219 g/mol. The van der Waals surface area contributed by atoms with Crippen molar-refractivity contribution in [2.24, 2.45) is 0 Å². The molecule has 0 heterocycles. The Balaban J connectivity index is 2.27. The van der Waals surface area contributed by atoms with Crippen LogP contribution in [0.15, 0.2) is 18.2 Å². The highest BCUT2D eigenvalue weighted by molar-refractivity contribution is 5.44. The fourth-order valence-corrected chi connectivity index (χ4v) is 1.42. The van der Waals surface area contributed by atoms with Gasteiger partial charge in [-0.15, -0.1) is 12.3 Å². The van der Waals surface area contributed by atoms with Gasteiger partial charge in [0, 0.05) is 18.5 Å². The number of para-hydroxylation sites is 1. The molecule has 0 saturated heterocycles. The van der Waals surface area contributed by atoms with Gasteiger partial charge >= 0.3 is 0 Å². The lowest BCUT2D eigenvalue weighted by atomic mass is 10.2. The largest absolute Gasteiger partial charge is 0.504 e. The van der Waals surface area contributed by atoms with E-state index in [0.717, 1.165) is 25.8 Å². The van der Waals surface area contributed by atoms with Crippen molar-refractivity contribution in [3.8, 4) is 23.8 Å². The van der Waals surface area contributed by atoms with Gasteiger partial charge in [0.05, 0.1) is 0 Å². The number of rotatable bonds is 6. The van der Waals surface area contributed by atoms with Crippen molar-refractivity contribution in [1.29, 1.82) is 0 Å². The number of benzene rings is 1. The first-order valence-electron chi connectivity index (χ1n) is 5.39. The minimum absolute atomic E-state index is 0.0429. The molecule has 0 amide bonds. The highest BCUT2D eigenvalue weighted by atomic mass is 16.3. The van der Waals surface area contributed by atoms with Crippen LogP contribution in [0.4, 0.5) is 0 Å². The number of hydrogen-bond acceptors (Lipinski definition) is 3. The highest BCUT2D eigenvalue weighted by Gasteiger charge is 2.04. The summed E-state index contributed by atoms with van der Waals surface area (Å²) in [7, 11) is 0. The van der Waals surface area contributed by atoms with Crippen molar-refractivity contribution in [2.75, 3.05) is 6.54 Å². The van der Waals surface area contributed by atoms with Gasteiger partial charge in [0.15, 0.2) is 11.5 Å². The van der Waals surface area contributed by atoms with Gasteiger partial charge in [0.2, 0.25) is 0 Å². The predicted molar refractivity (Wildman–Crippen MR) is 64.2 cm³/mol. The van der Waals surface area contributed by atoms with Crippen molar-refractivity contribution in [1.82, 2.24) is 5.32 Å². The lowest BCUT2D eigenvalue weighted by Crippen LogP contribution is -2.14. The van der Waals surface area contributed by atoms with Crippen LogP contribution in [0.3, 0.4) is 0 Å². The summed E-state index contributed by atoms with van der Waals surface area (Å²) in [6.07, 6.45) is 7.97. The number of phenols is 2. The Morgan fingerprint density at radius 2 is 2.06 bits per heavy atom. The van der Waals surface area contributed by atoms with E-state index in [1.54, 1.807) is 12.1 Å². The molecular weight excluding hydrogens is 202 g/mol. The van der Waals surface area contributed by atoms with Gasteiger partial charge in [-0.2, -0.15) is 0 Å². The maximum Gasteiger partial charge on any atom is 0.161 e. The lowest BCUT2D eigenvalue weighted by Gasteiger charge is -2.07. The van der Waals surface area contributed by atoms with E-state index in [1.165, 1.54) is 6.07 Å². The minimum atomic E-state index is -0.0772.